The number of hydrogen-bond acceptors (Lipinski definition) is 7. The van der Waals surface area contributed by atoms with Gasteiger partial charge in [0.25, 0.3) is 0 Å². The van der Waals surface area contributed by atoms with Crippen molar-refractivity contribution in [2.45, 2.75) is 6.54 Å². The average Bonchev–Trinajstić information content (AvgIpc) is 2.81. The van der Waals surface area contributed by atoms with Crippen LogP contribution >= 0.6 is 27.3 Å². The summed E-state index contributed by atoms with van der Waals surface area (Å²) in [4.78, 5) is 13.2. The van der Waals surface area contributed by atoms with Gasteiger partial charge in [0.1, 0.15) is 16.6 Å². The van der Waals surface area contributed by atoms with Crippen molar-refractivity contribution >= 4 is 38.9 Å². The minimum Gasteiger partial charge on any atom is -0.364 e. The van der Waals surface area contributed by atoms with E-state index in [1.54, 1.807) is 16.8 Å². The molecule has 0 aliphatic heterocycles. The van der Waals surface area contributed by atoms with E-state index in [-0.39, 0.29) is 0 Å². The van der Waals surface area contributed by atoms with Crippen LogP contribution in [0.25, 0.3) is 0 Å². The maximum Gasteiger partial charge on any atom is 0.159 e. The molecule has 0 saturated carbocycles. The molecule has 0 fully saturated rings. The summed E-state index contributed by atoms with van der Waals surface area (Å²) in [6.45, 7) is 0.671. The first-order valence-corrected chi connectivity index (χ1v) is 6.07. The highest BCUT2D eigenvalue weighted by Gasteiger charge is 2.07. The Hall–Kier alpha value is -1.25. The molecule has 0 radical (unpaired) electrons. The highest BCUT2D eigenvalue weighted by Crippen LogP contribution is 2.26. The maximum absolute atomic E-state index is 5.30. The summed E-state index contributed by atoms with van der Waals surface area (Å²) in [5.74, 6) is 6.54. The van der Waals surface area contributed by atoms with Crippen molar-refractivity contribution in [1.82, 2.24) is 15.0 Å². The standard InChI is InChI=1S/C8H9BrN6S/c9-6-7(13-3-14-8(6)15-10)12-2-5-1-11-4-16-5/h1,3-4H,2,10H2,(H2,12,13,14,15). The molecule has 0 amide bonds. The fourth-order valence-electron chi connectivity index (χ4n) is 1.09. The Labute approximate surface area is 104 Å². The third kappa shape index (κ3) is 2.46. The minimum absolute atomic E-state index is 0.543. The average molecular weight is 301 g/mol. The van der Waals surface area contributed by atoms with Crippen molar-refractivity contribution in [3.8, 4) is 0 Å². The topological polar surface area (TPSA) is 88.8 Å². The third-order valence-corrected chi connectivity index (χ3v) is 3.37. The van der Waals surface area contributed by atoms with E-state index >= 15 is 0 Å². The molecule has 16 heavy (non-hydrogen) atoms. The normalized spacial score (nSPS) is 10.1. The van der Waals surface area contributed by atoms with Gasteiger partial charge in [0.05, 0.1) is 12.1 Å². The van der Waals surface area contributed by atoms with Gasteiger partial charge in [-0.25, -0.2) is 15.8 Å². The predicted octanol–water partition coefficient (Wildman–Crippen LogP) is 1.59. The Morgan fingerprint density at radius 1 is 1.38 bits per heavy atom. The van der Waals surface area contributed by atoms with Gasteiger partial charge in [-0.3, -0.25) is 4.98 Å². The summed E-state index contributed by atoms with van der Waals surface area (Å²) in [6, 6.07) is 0. The van der Waals surface area contributed by atoms with Crippen molar-refractivity contribution in [3.05, 3.63) is 27.4 Å². The lowest BCUT2D eigenvalue weighted by Gasteiger charge is -2.08. The molecule has 4 N–H and O–H groups in total. The van der Waals surface area contributed by atoms with Gasteiger partial charge in [0.2, 0.25) is 0 Å². The Kier molecular flexibility index (Phi) is 3.65. The van der Waals surface area contributed by atoms with E-state index in [4.69, 9.17) is 5.84 Å². The fourth-order valence-corrected chi connectivity index (χ4v) is 2.09. The van der Waals surface area contributed by atoms with Crippen LogP contribution in [-0.4, -0.2) is 15.0 Å². The SMILES string of the molecule is NNc1ncnc(NCc2cncs2)c1Br. The molecule has 6 nitrogen and oxygen atoms in total. The van der Waals surface area contributed by atoms with Crippen LogP contribution in [0.15, 0.2) is 22.5 Å². The molecule has 2 aromatic rings. The van der Waals surface area contributed by atoms with Crippen molar-refractivity contribution in [3.63, 3.8) is 0 Å². The summed E-state index contributed by atoms with van der Waals surface area (Å²) in [5.41, 5.74) is 4.27. The van der Waals surface area contributed by atoms with E-state index in [0.717, 1.165) is 4.88 Å². The fraction of sp³-hybridized carbons (Fsp3) is 0.125. The number of nitrogens with one attached hydrogen (secondary N) is 2. The Bertz CT molecular complexity index is 460. The number of nitrogens with two attached hydrogens (primary N) is 1. The Balaban J connectivity index is 2.09. The number of anilines is 2. The highest BCUT2D eigenvalue weighted by atomic mass is 79.9. The molecule has 2 rings (SSSR count). The molecule has 0 bridgehead atoms. The summed E-state index contributed by atoms with van der Waals surface area (Å²) < 4.78 is 0.710. The van der Waals surface area contributed by atoms with Crippen molar-refractivity contribution in [1.29, 1.82) is 0 Å². The van der Waals surface area contributed by atoms with Gasteiger partial charge < -0.3 is 10.7 Å². The number of hydrazine groups is 1. The maximum atomic E-state index is 5.30. The summed E-state index contributed by atoms with van der Waals surface area (Å²) in [7, 11) is 0. The molecule has 0 saturated heterocycles. The molecule has 0 aliphatic carbocycles. The predicted molar refractivity (Wildman–Crippen MR) is 67.0 cm³/mol. The zero-order valence-electron chi connectivity index (χ0n) is 8.14. The first kappa shape index (κ1) is 11.2. The second-order valence-corrected chi connectivity index (χ2v) is 4.61. The van der Waals surface area contributed by atoms with Crippen LogP contribution in [0, 0.1) is 0 Å². The molecular weight excluding hydrogens is 292 g/mol. The van der Waals surface area contributed by atoms with Crippen molar-refractivity contribution < 1.29 is 0 Å². The molecule has 2 heterocycles. The third-order valence-electron chi connectivity index (χ3n) is 1.84. The van der Waals surface area contributed by atoms with E-state index in [9.17, 15) is 0 Å². The lowest BCUT2D eigenvalue weighted by molar-refractivity contribution is 1.07. The van der Waals surface area contributed by atoms with E-state index in [1.165, 1.54) is 6.33 Å². The molecule has 0 unspecified atom stereocenters. The van der Waals surface area contributed by atoms with Crippen molar-refractivity contribution in [2.75, 3.05) is 10.7 Å². The highest BCUT2D eigenvalue weighted by molar-refractivity contribution is 9.10. The number of nitrogen functional groups attached to an aromatic ring is 1. The molecule has 0 aromatic carbocycles. The van der Waals surface area contributed by atoms with Gasteiger partial charge in [-0.15, -0.1) is 11.3 Å². The molecular formula is C8H9BrN6S. The summed E-state index contributed by atoms with van der Waals surface area (Å²) in [5, 5.41) is 3.17. The van der Waals surface area contributed by atoms with Crippen LogP contribution in [0.2, 0.25) is 0 Å². The first-order valence-electron chi connectivity index (χ1n) is 4.39. The van der Waals surface area contributed by atoms with Crippen LogP contribution in [0.5, 0.6) is 0 Å². The van der Waals surface area contributed by atoms with Crippen LogP contribution in [0.3, 0.4) is 0 Å². The second-order valence-electron chi connectivity index (χ2n) is 2.85. The lowest BCUT2D eigenvalue weighted by Crippen LogP contribution is -2.11. The van der Waals surface area contributed by atoms with Crippen LogP contribution < -0.4 is 16.6 Å². The van der Waals surface area contributed by atoms with Gasteiger partial charge in [-0.2, -0.15) is 0 Å². The monoisotopic (exact) mass is 300 g/mol. The minimum atomic E-state index is 0.543. The van der Waals surface area contributed by atoms with E-state index in [2.05, 4.69) is 41.6 Å². The number of hydrogen-bond donors (Lipinski definition) is 3. The number of thiazole rings is 1. The van der Waals surface area contributed by atoms with Gasteiger partial charge in [-0.05, 0) is 15.9 Å². The van der Waals surface area contributed by atoms with Gasteiger partial charge in [0, 0.05) is 11.1 Å². The molecule has 2 aromatic heterocycles. The summed E-state index contributed by atoms with van der Waals surface area (Å²) in [6.07, 6.45) is 3.25. The number of aromatic nitrogens is 3. The second kappa shape index (κ2) is 5.19. The quantitative estimate of drug-likeness (QED) is 0.587. The van der Waals surface area contributed by atoms with Gasteiger partial charge >= 0.3 is 0 Å². The molecule has 84 valence electrons. The van der Waals surface area contributed by atoms with Crippen LogP contribution in [0.4, 0.5) is 11.6 Å². The first-order chi connectivity index (χ1) is 7.81. The van der Waals surface area contributed by atoms with E-state index in [1.807, 2.05) is 6.20 Å². The zero-order chi connectivity index (χ0) is 11.4. The number of nitrogens with zero attached hydrogens (tertiary/aromatic N) is 3. The smallest absolute Gasteiger partial charge is 0.159 e. The van der Waals surface area contributed by atoms with E-state index < -0.39 is 0 Å². The lowest BCUT2D eigenvalue weighted by atomic mass is 10.5. The molecule has 8 heteroatoms. The van der Waals surface area contributed by atoms with E-state index in [0.29, 0.717) is 22.7 Å². The van der Waals surface area contributed by atoms with Gasteiger partial charge in [0.15, 0.2) is 5.82 Å². The Morgan fingerprint density at radius 2 is 2.19 bits per heavy atom. The Morgan fingerprint density at radius 3 is 2.88 bits per heavy atom. The van der Waals surface area contributed by atoms with Crippen molar-refractivity contribution in [2.24, 2.45) is 5.84 Å². The number of halogens is 1. The largest absolute Gasteiger partial charge is 0.364 e. The molecule has 0 aliphatic rings. The number of rotatable bonds is 4. The van der Waals surface area contributed by atoms with Crippen LogP contribution in [0.1, 0.15) is 4.88 Å². The van der Waals surface area contributed by atoms with Gasteiger partial charge in [-0.1, -0.05) is 0 Å². The molecule has 0 spiro atoms. The summed E-state index contributed by atoms with van der Waals surface area (Å²) >= 11 is 4.95. The zero-order valence-corrected chi connectivity index (χ0v) is 10.5. The molecule has 0 atom stereocenters. The van der Waals surface area contributed by atoms with Crippen LogP contribution in [-0.2, 0) is 6.54 Å².